The van der Waals surface area contributed by atoms with Gasteiger partial charge in [0.15, 0.2) is 0 Å². The number of rotatable bonds is 4. The summed E-state index contributed by atoms with van der Waals surface area (Å²) in [7, 11) is 0. The Morgan fingerprint density at radius 2 is 2.40 bits per heavy atom. The highest BCUT2D eigenvalue weighted by atomic mass is 35.5. The number of hydrogen-bond acceptors (Lipinski definition) is 3. The van der Waals surface area contributed by atoms with Crippen LogP contribution in [0.5, 0.6) is 0 Å². The van der Waals surface area contributed by atoms with Gasteiger partial charge in [0, 0.05) is 11.9 Å². The van der Waals surface area contributed by atoms with E-state index in [1.807, 2.05) is 17.9 Å². The lowest BCUT2D eigenvalue weighted by Crippen LogP contribution is -1.96. The van der Waals surface area contributed by atoms with Crippen molar-refractivity contribution in [3.8, 4) is 10.7 Å². The molecule has 15 heavy (non-hydrogen) atoms. The van der Waals surface area contributed by atoms with Crippen molar-refractivity contribution in [2.24, 2.45) is 0 Å². The van der Waals surface area contributed by atoms with Gasteiger partial charge in [-0.15, -0.1) is 22.9 Å². The predicted octanol–water partition coefficient (Wildman–Crippen LogP) is 3.16. The van der Waals surface area contributed by atoms with Crippen LogP contribution in [0.15, 0.2) is 17.9 Å². The van der Waals surface area contributed by atoms with E-state index in [4.69, 9.17) is 11.6 Å². The third-order valence-corrected chi connectivity index (χ3v) is 3.27. The number of alkyl halides is 1. The van der Waals surface area contributed by atoms with E-state index < -0.39 is 0 Å². The van der Waals surface area contributed by atoms with Crippen LogP contribution < -0.4 is 0 Å². The van der Waals surface area contributed by atoms with E-state index >= 15 is 0 Å². The molecule has 0 saturated carbocycles. The first kappa shape index (κ1) is 10.6. The second-order valence-electron chi connectivity index (χ2n) is 3.25. The standard InChI is InChI=1S/C10H12ClN3S/c1-2-3-14-7-12-5-9(14)10-13-8(4-11)6-15-10/h5-7H,2-4H2,1H3. The van der Waals surface area contributed by atoms with E-state index in [0.29, 0.717) is 5.88 Å². The minimum absolute atomic E-state index is 0.471. The number of halogens is 1. The van der Waals surface area contributed by atoms with E-state index in [1.54, 1.807) is 11.3 Å². The quantitative estimate of drug-likeness (QED) is 0.770. The fourth-order valence-electron chi connectivity index (χ4n) is 1.40. The summed E-state index contributed by atoms with van der Waals surface area (Å²) < 4.78 is 2.12. The minimum Gasteiger partial charge on any atom is -0.329 e. The number of thiazole rings is 1. The van der Waals surface area contributed by atoms with Crippen LogP contribution in [0.2, 0.25) is 0 Å². The molecular weight excluding hydrogens is 230 g/mol. The van der Waals surface area contributed by atoms with Crippen molar-refractivity contribution in [2.45, 2.75) is 25.8 Å². The molecule has 0 aliphatic carbocycles. The van der Waals surface area contributed by atoms with Gasteiger partial charge in [0.05, 0.1) is 29.8 Å². The zero-order chi connectivity index (χ0) is 10.7. The topological polar surface area (TPSA) is 30.7 Å². The highest BCUT2D eigenvalue weighted by molar-refractivity contribution is 7.13. The molecule has 0 amide bonds. The molecule has 0 aliphatic heterocycles. The molecule has 0 fully saturated rings. The van der Waals surface area contributed by atoms with E-state index in [0.717, 1.165) is 29.4 Å². The SMILES string of the molecule is CCCn1cncc1-c1nc(CCl)cs1. The summed E-state index contributed by atoms with van der Waals surface area (Å²) in [5, 5.41) is 2.99. The van der Waals surface area contributed by atoms with Gasteiger partial charge in [0.25, 0.3) is 0 Å². The summed E-state index contributed by atoms with van der Waals surface area (Å²) in [6.45, 7) is 3.13. The molecule has 2 heterocycles. The monoisotopic (exact) mass is 241 g/mol. The van der Waals surface area contributed by atoms with Gasteiger partial charge in [0.1, 0.15) is 5.01 Å². The number of hydrogen-bond donors (Lipinski definition) is 0. The van der Waals surface area contributed by atoms with Crippen molar-refractivity contribution in [2.75, 3.05) is 0 Å². The lowest BCUT2D eigenvalue weighted by molar-refractivity contribution is 0.684. The Bertz CT molecular complexity index is 435. The van der Waals surface area contributed by atoms with Crippen LogP contribution in [0.4, 0.5) is 0 Å². The Balaban J connectivity index is 2.31. The van der Waals surface area contributed by atoms with E-state index in [9.17, 15) is 0 Å². The maximum Gasteiger partial charge on any atom is 0.141 e. The fourth-order valence-corrected chi connectivity index (χ4v) is 2.48. The maximum atomic E-state index is 5.72. The molecule has 2 rings (SSSR count). The molecule has 0 N–H and O–H groups in total. The summed E-state index contributed by atoms with van der Waals surface area (Å²) in [5.74, 6) is 0.471. The summed E-state index contributed by atoms with van der Waals surface area (Å²) in [4.78, 5) is 8.59. The zero-order valence-corrected chi connectivity index (χ0v) is 10.1. The van der Waals surface area contributed by atoms with Crippen molar-refractivity contribution in [3.05, 3.63) is 23.6 Å². The normalized spacial score (nSPS) is 10.8. The first-order chi connectivity index (χ1) is 7.35. The average Bonchev–Trinajstić information content (AvgIpc) is 2.85. The lowest BCUT2D eigenvalue weighted by atomic mass is 10.4. The van der Waals surface area contributed by atoms with Crippen LogP contribution in [0.3, 0.4) is 0 Å². The van der Waals surface area contributed by atoms with Crippen LogP contribution in [-0.2, 0) is 12.4 Å². The smallest absolute Gasteiger partial charge is 0.141 e. The highest BCUT2D eigenvalue weighted by Gasteiger charge is 2.08. The van der Waals surface area contributed by atoms with E-state index in [2.05, 4.69) is 21.5 Å². The third kappa shape index (κ3) is 2.21. The molecule has 0 radical (unpaired) electrons. The largest absolute Gasteiger partial charge is 0.329 e. The van der Waals surface area contributed by atoms with Crippen molar-refractivity contribution in [1.29, 1.82) is 0 Å². The van der Waals surface area contributed by atoms with Crippen molar-refractivity contribution in [3.63, 3.8) is 0 Å². The van der Waals surface area contributed by atoms with Gasteiger partial charge in [-0.25, -0.2) is 9.97 Å². The average molecular weight is 242 g/mol. The number of aryl methyl sites for hydroxylation is 1. The summed E-state index contributed by atoms with van der Waals surface area (Å²) in [6.07, 6.45) is 4.80. The molecule has 0 spiro atoms. The van der Waals surface area contributed by atoms with Gasteiger partial charge in [-0.1, -0.05) is 6.92 Å². The zero-order valence-electron chi connectivity index (χ0n) is 8.48. The molecule has 3 nitrogen and oxygen atoms in total. The Kier molecular flexibility index (Phi) is 3.38. The molecule has 80 valence electrons. The summed E-state index contributed by atoms with van der Waals surface area (Å²) in [6, 6.07) is 0. The van der Waals surface area contributed by atoms with E-state index in [-0.39, 0.29) is 0 Å². The van der Waals surface area contributed by atoms with Crippen LogP contribution in [-0.4, -0.2) is 14.5 Å². The summed E-state index contributed by atoms with van der Waals surface area (Å²) in [5.41, 5.74) is 2.01. The minimum atomic E-state index is 0.471. The van der Waals surface area contributed by atoms with Crippen LogP contribution in [0.1, 0.15) is 19.0 Å². The van der Waals surface area contributed by atoms with E-state index in [1.165, 1.54) is 0 Å². The molecule has 0 aliphatic rings. The second kappa shape index (κ2) is 4.77. The van der Waals surface area contributed by atoms with Crippen molar-refractivity contribution >= 4 is 22.9 Å². The predicted molar refractivity (Wildman–Crippen MR) is 63.2 cm³/mol. The van der Waals surface area contributed by atoms with Crippen LogP contribution in [0, 0.1) is 0 Å². The lowest BCUT2D eigenvalue weighted by Gasteiger charge is -2.02. The molecule has 2 aromatic rings. The molecule has 0 saturated heterocycles. The summed E-state index contributed by atoms with van der Waals surface area (Å²) >= 11 is 7.34. The molecule has 0 unspecified atom stereocenters. The Hall–Kier alpha value is -0.870. The van der Waals surface area contributed by atoms with Gasteiger partial charge < -0.3 is 4.57 Å². The first-order valence-electron chi connectivity index (χ1n) is 4.86. The maximum absolute atomic E-state index is 5.72. The Morgan fingerprint density at radius 3 is 3.07 bits per heavy atom. The molecular formula is C10H12ClN3S. The van der Waals surface area contributed by atoms with Gasteiger partial charge in [-0.2, -0.15) is 0 Å². The number of nitrogens with zero attached hydrogens (tertiary/aromatic N) is 3. The molecule has 5 heteroatoms. The molecule has 2 aromatic heterocycles. The van der Waals surface area contributed by atoms with Gasteiger partial charge in [-0.05, 0) is 6.42 Å². The van der Waals surface area contributed by atoms with Crippen molar-refractivity contribution < 1.29 is 0 Å². The molecule has 0 aromatic carbocycles. The fraction of sp³-hybridized carbons (Fsp3) is 0.400. The van der Waals surface area contributed by atoms with Crippen LogP contribution in [0.25, 0.3) is 10.7 Å². The third-order valence-electron chi connectivity index (χ3n) is 2.08. The Labute approximate surface area is 97.8 Å². The Morgan fingerprint density at radius 1 is 1.53 bits per heavy atom. The van der Waals surface area contributed by atoms with Crippen molar-refractivity contribution in [1.82, 2.24) is 14.5 Å². The second-order valence-corrected chi connectivity index (χ2v) is 4.38. The van der Waals surface area contributed by atoms with Gasteiger partial charge in [0.2, 0.25) is 0 Å². The number of imidazole rings is 1. The van der Waals surface area contributed by atoms with Gasteiger partial charge >= 0.3 is 0 Å². The molecule has 0 atom stereocenters. The van der Waals surface area contributed by atoms with Gasteiger partial charge in [-0.3, -0.25) is 0 Å². The number of aromatic nitrogens is 3. The first-order valence-corrected chi connectivity index (χ1v) is 6.27. The molecule has 0 bridgehead atoms. The van der Waals surface area contributed by atoms with Crippen LogP contribution >= 0.6 is 22.9 Å². The highest BCUT2D eigenvalue weighted by Crippen LogP contribution is 2.24.